The van der Waals surface area contributed by atoms with Crippen LogP contribution >= 0.6 is 0 Å². The summed E-state index contributed by atoms with van der Waals surface area (Å²) in [4.78, 5) is 17.5. The van der Waals surface area contributed by atoms with Crippen molar-refractivity contribution < 1.29 is 19.4 Å². The summed E-state index contributed by atoms with van der Waals surface area (Å²) in [6, 6.07) is 7.70. The minimum atomic E-state index is -0.865. The van der Waals surface area contributed by atoms with Gasteiger partial charge in [-0.05, 0) is 50.5 Å². The largest absolute Gasteiger partial charge is 0.491 e. The van der Waals surface area contributed by atoms with Crippen molar-refractivity contribution in [3.05, 3.63) is 42.2 Å². The predicted octanol–water partition coefficient (Wildman–Crippen LogP) is 4.89. The van der Waals surface area contributed by atoms with Crippen molar-refractivity contribution in [1.29, 1.82) is 0 Å². The van der Waals surface area contributed by atoms with E-state index >= 15 is 0 Å². The molecular formula is C22H26N2O4. The molecule has 1 aromatic heterocycles. The van der Waals surface area contributed by atoms with Gasteiger partial charge in [0.05, 0.1) is 6.04 Å². The van der Waals surface area contributed by atoms with E-state index in [4.69, 9.17) is 9.47 Å². The van der Waals surface area contributed by atoms with Crippen LogP contribution in [0.4, 0.5) is 4.79 Å². The molecule has 148 valence electrons. The Hall–Kier alpha value is -2.76. The lowest BCUT2D eigenvalue weighted by atomic mass is 9.95. The lowest BCUT2D eigenvalue weighted by Gasteiger charge is -2.32. The van der Waals surface area contributed by atoms with Crippen LogP contribution in [-0.4, -0.2) is 39.8 Å². The Balaban J connectivity index is 1.48. The zero-order chi connectivity index (χ0) is 19.7. The molecule has 1 fully saturated rings. The first kappa shape index (κ1) is 18.6. The van der Waals surface area contributed by atoms with E-state index in [9.17, 15) is 9.90 Å². The van der Waals surface area contributed by atoms with E-state index < -0.39 is 6.09 Å². The van der Waals surface area contributed by atoms with Crippen LogP contribution in [0.5, 0.6) is 11.5 Å². The third-order valence-electron chi connectivity index (χ3n) is 5.74. The second-order valence-corrected chi connectivity index (χ2v) is 7.67. The van der Waals surface area contributed by atoms with Gasteiger partial charge in [-0.1, -0.05) is 12.8 Å². The van der Waals surface area contributed by atoms with Gasteiger partial charge in [0, 0.05) is 35.6 Å². The molecule has 1 N–H and O–H groups in total. The first-order valence-corrected chi connectivity index (χ1v) is 9.93. The molecule has 2 aliphatic rings. The van der Waals surface area contributed by atoms with Crippen LogP contribution < -0.4 is 9.47 Å². The number of benzene rings is 1. The molecule has 2 aromatic rings. The molecule has 1 amide bonds. The molecule has 1 aliphatic carbocycles. The number of fused-ring (bicyclic) bond motifs is 3. The first-order chi connectivity index (χ1) is 13.5. The van der Waals surface area contributed by atoms with Crippen LogP contribution in [0.2, 0.25) is 0 Å². The fourth-order valence-corrected chi connectivity index (χ4v) is 4.33. The van der Waals surface area contributed by atoms with Crippen molar-refractivity contribution in [3.8, 4) is 22.6 Å². The van der Waals surface area contributed by atoms with Crippen LogP contribution in [0.3, 0.4) is 0 Å². The highest BCUT2D eigenvalue weighted by Gasteiger charge is 2.31. The number of aromatic nitrogens is 1. The second kappa shape index (κ2) is 7.70. The lowest BCUT2D eigenvalue weighted by molar-refractivity contribution is 0.0845. The summed E-state index contributed by atoms with van der Waals surface area (Å²) in [5, 5.41) is 9.63. The highest BCUT2D eigenvalue weighted by atomic mass is 16.5. The fraction of sp³-hybridized carbons (Fsp3) is 0.455. The Morgan fingerprint density at radius 2 is 2.11 bits per heavy atom. The Morgan fingerprint density at radius 3 is 2.86 bits per heavy atom. The van der Waals surface area contributed by atoms with Gasteiger partial charge < -0.3 is 14.6 Å². The Bertz CT molecular complexity index is 863. The molecular weight excluding hydrogens is 356 g/mol. The van der Waals surface area contributed by atoms with Gasteiger partial charge in [0.2, 0.25) is 0 Å². The number of pyridine rings is 1. The molecule has 2 heterocycles. The van der Waals surface area contributed by atoms with Gasteiger partial charge in [0.1, 0.15) is 24.2 Å². The van der Waals surface area contributed by atoms with Crippen molar-refractivity contribution in [2.75, 3.05) is 6.61 Å². The van der Waals surface area contributed by atoms with Gasteiger partial charge in [-0.3, -0.25) is 9.88 Å². The Labute approximate surface area is 165 Å². The van der Waals surface area contributed by atoms with Crippen molar-refractivity contribution in [2.45, 2.75) is 57.7 Å². The molecule has 1 saturated carbocycles. The van der Waals surface area contributed by atoms with Crippen molar-refractivity contribution in [1.82, 2.24) is 9.88 Å². The van der Waals surface area contributed by atoms with Gasteiger partial charge in [-0.25, -0.2) is 4.79 Å². The average Bonchev–Trinajstić information content (AvgIpc) is 3.20. The van der Waals surface area contributed by atoms with Crippen LogP contribution in [0.15, 0.2) is 36.7 Å². The Kier molecular flexibility index (Phi) is 5.11. The molecule has 6 nitrogen and oxygen atoms in total. The summed E-state index contributed by atoms with van der Waals surface area (Å²) in [5.41, 5.74) is 3.22. The number of amides is 1. The van der Waals surface area contributed by atoms with Crippen molar-refractivity contribution in [3.63, 3.8) is 0 Å². The normalized spacial score (nSPS) is 19.3. The maximum Gasteiger partial charge on any atom is 0.407 e. The number of hydrogen-bond acceptors (Lipinski definition) is 4. The first-order valence-electron chi connectivity index (χ1n) is 9.93. The van der Waals surface area contributed by atoms with Crippen molar-refractivity contribution in [2.24, 2.45) is 0 Å². The lowest BCUT2D eigenvalue weighted by Crippen LogP contribution is -2.46. The zero-order valence-electron chi connectivity index (χ0n) is 16.3. The minimum absolute atomic E-state index is 0.0738. The SMILES string of the molecule is CC1Oc2cc(OC[C@H](C)N(C(=O)O)C3CCCC3)ccc2-c2ccncc21. The minimum Gasteiger partial charge on any atom is -0.491 e. The summed E-state index contributed by atoms with van der Waals surface area (Å²) in [5.74, 6) is 1.47. The average molecular weight is 382 g/mol. The summed E-state index contributed by atoms with van der Waals surface area (Å²) in [6.07, 6.45) is 6.77. The number of carbonyl (C=O) groups is 1. The van der Waals surface area contributed by atoms with Crippen LogP contribution in [0, 0.1) is 0 Å². The molecule has 4 rings (SSSR count). The zero-order valence-corrected chi connectivity index (χ0v) is 16.3. The maximum atomic E-state index is 11.7. The van der Waals surface area contributed by atoms with Gasteiger partial charge in [-0.2, -0.15) is 0 Å². The molecule has 1 aromatic carbocycles. The third-order valence-corrected chi connectivity index (χ3v) is 5.74. The van der Waals surface area contributed by atoms with E-state index in [2.05, 4.69) is 4.98 Å². The second-order valence-electron chi connectivity index (χ2n) is 7.67. The molecule has 28 heavy (non-hydrogen) atoms. The van der Waals surface area contributed by atoms with E-state index in [1.165, 1.54) is 0 Å². The molecule has 0 bridgehead atoms. The standard InChI is InChI=1S/C22H26N2O4/c1-14(24(22(25)26)16-5-3-4-6-16)13-27-17-7-8-19-18-9-10-23-12-20(18)15(2)28-21(19)11-17/h7-12,14-16H,3-6,13H2,1-2H3,(H,25,26)/t14-,15?/m0/s1. The van der Waals surface area contributed by atoms with Gasteiger partial charge in [0.25, 0.3) is 0 Å². The van der Waals surface area contributed by atoms with E-state index in [0.717, 1.165) is 48.1 Å². The highest BCUT2D eigenvalue weighted by molar-refractivity contribution is 5.76. The monoisotopic (exact) mass is 382 g/mol. The highest BCUT2D eigenvalue weighted by Crippen LogP contribution is 2.43. The molecule has 1 unspecified atom stereocenters. The molecule has 0 spiro atoms. The number of nitrogens with zero attached hydrogens (tertiary/aromatic N) is 2. The molecule has 1 aliphatic heterocycles. The fourth-order valence-electron chi connectivity index (χ4n) is 4.33. The van der Waals surface area contributed by atoms with Gasteiger partial charge >= 0.3 is 6.09 Å². The number of ether oxygens (including phenoxy) is 2. The summed E-state index contributed by atoms with van der Waals surface area (Å²) < 4.78 is 12.0. The number of hydrogen-bond donors (Lipinski definition) is 1. The molecule has 2 atom stereocenters. The van der Waals surface area contributed by atoms with Crippen LogP contribution in [0.1, 0.15) is 51.2 Å². The molecule has 6 heteroatoms. The molecule has 0 saturated heterocycles. The van der Waals surface area contributed by atoms with E-state index in [1.807, 2.05) is 44.3 Å². The number of rotatable bonds is 5. The topological polar surface area (TPSA) is 71.9 Å². The van der Waals surface area contributed by atoms with E-state index in [-0.39, 0.29) is 18.2 Å². The summed E-state index contributed by atoms with van der Waals surface area (Å²) in [7, 11) is 0. The quantitative estimate of drug-likeness (QED) is 0.797. The third kappa shape index (κ3) is 3.51. The number of carboxylic acid groups (broad SMARTS) is 1. The van der Waals surface area contributed by atoms with Crippen LogP contribution in [-0.2, 0) is 0 Å². The smallest absolute Gasteiger partial charge is 0.407 e. The van der Waals surface area contributed by atoms with Crippen molar-refractivity contribution >= 4 is 6.09 Å². The Morgan fingerprint density at radius 1 is 1.32 bits per heavy atom. The van der Waals surface area contributed by atoms with Gasteiger partial charge in [-0.15, -0.1) is 0 Å². The van der Waals surface area contributed by atoms with Crippen LogP contribution in [0.25, 0.3) is 11.1 Å². The van der Waals surface area contributed by atoms with Gasteiger partial charge in [0.15, 0.2) is 0 Å². The van der Waals surface area contributed by atoms with E-state index in [1.54, 1.807) is 11.1 Å². The summed E-state index contributed by atoms with van der Waals surface area (Å²) >= 11 is 0. The van der Waals surface area contributed by atoms with E-state index in [0.29, 0.717) is 12.4 Å². The maximum absolute atomic E-state index is 11.7. The summed E-state index contributed by atoms with van der Waals surface area (Å²) in [6.45, 7) is 4.23. The molecule has 0 radical (unpaired) electrons. The predicted molar refractivity (Wildman–Crippen MR) is 106 cm³/mol.